The second kappa shape index (κ2) is 7.70. The summed E-state index contributed by atoms with van der Waals surface area (Å²) < 4.78 is 5.26. The molecule has 1 saturated heterocycles. The summed E-state index contributed by atoms with van der Waals surface area (Å²) in [4.78, 5) is 35.9. The van der Waals surface area contributed by atoms with E-state index < -0.39 is 35.3 Å². The maximum atomic E-state index is 12.7. The first-order valence-corrected chi connectivity index (χ1v) is 8.27. The lowest BCUT2D eigenvalue weighted by molar-refractivity contribution is -0.147. The summed E-state index contributed by atoms with van der Waals surface area (Å²) in [5.74, 6) is -1.45. The van der Waals surface area contributed by atoms with Crippen molar-refractivity contribution >= 4 is 29.5 Å². The van der Waals surface area contributed by atoms with Crippen molar-refractivity contribution in [2.45, 2.75) is 32.2 Å². The number of benzene rings is 1. The summed E-state index contributed by atoms with van der Waals surface area (Å²) >= 11 is 5.94. The number of esters is 1. The molecule has 0 aliphatic carbocycles. The van der Waals surface area contributed by atoms with E-state index in [9.17, 15) is 14.4 Å². The molecule has 6 nitrogen and oxygen atoms in total. The van der Waals surface area contributed by atoms with Gasteiger partial charge in [-0.2, -0.15) is 0 Å². The molecule has 0 spiro atoms. The van der Waals surface area contributed by atoms with Crippen molar-refractivity contribution in [3.63, 3.8) is 0 Å². The van der Waals surface area contributed by atoms with Crippen LogP contribution in [0.15, 0.2) is 36.9 Å². The van der Waals surface area contributed by atoms with Gasteiger partial charge in [-0.25, -0.2) is 4.79 Å². The second-order valence-corrected chi connectivity index (χ2v) is 7.05. The van der Waals surface area contributed by atoms with Crippen LogP contribution in [0.5, 0.6) is 0 Å². The SMILES string of the molecule is C=CCOC(=O)C(c1ccc(Cl)cc1)C(C)(C)CC1NC(=O)NC1=O. The first-order valence-electron chi connectivity index (χ1n) is 7.89. The van der Waals surface area contributed by atoms with Gasteiger partial charge in [0, 0.05) is 5.02 Å². The standard InChI is InChI=1S/C18H21ClN2O4/c1-4-9-25-16(23)14(11-5-7-12(19)8-6-11)18(2,3)10-13-15(22)21-17(24)20-13/h4-8,13-14H,1,9-10H2,2-3H3,(H2,20,21,22,24). The van der Waals surface area contributed by atoms with Crippen LogP contribution < -0.4 is 10.6 Å². The highest BCUT2D eigenvalue weighted by atomic mass is 35.5. The second-order valence-electron chi connectivity index (χ2n) is 6.61. The fraction of sp³-hybridized carbons (Fsp3) is 0.389. The molecule has 1 aliphatic heterocycles. The molecule has 0 saturated carbocycles. The van der Waals surface area contributed by atoms with E-state index in [0.29, 0.717) is 5.02 Å². The molecule has 2 atom stereocenters. The number of hydrogen-bond acceptors (Lipinski definition) is 4. The van der Waals surface area contributed by atoms with Crippen LogP contribution in [0.3, 0.4) is 0 Å². The number of carbonyl (C=O) groups is 3. The first-order chi connectivity index (χ1) is 11.7. The minimum absolute atomic E-state index is 0.0969. The van der Waals surface area contributed by atoms with Crippen LogP contribution in [0.25, 0.3) is 0 Å². The van der Waals surface area contributed by atoms with Gasteiger partial charge >= 0.3 is 12.0 Å². The van der Waals surface area contributed by atoms with Gasteiger partial charge < -0.3 is 10.1 Å². The minimum atomic E-state index is -0.690. The number of rotatable bonds is 7. The van der Waals surface area contributed by atoms with E-state index in [0.717, 1.165) is 5.56 Å². The molecule has 1 aromatic carbocycles. The molecule has 3 amide bonds. The van der Waals surface area contributed by atoms with Gasteiger partial charge in [-0.3, -0.25) is 14.9 Å². The molecule has 2 rings (SSSR count). The van der Waals surface area contributed by atoms with Gasteiger partial charge in [0.1, 0.15) is 12.6 Å². The molecule has 2 unspecified atom stereocenters. The molecule has 0 bridgehead atoms. The summed E-state index contributed by atoms with van der Waals surface area (Å²) in [7, 11) is 0. The van der Waals surface area contributed by atoms with Gasteiger partial charge in [-0.15, -0.1) is 0 Å². The Bertz CT molecular complexity index is 685. The fourth-order valence-corrected chi connectivity index (χ4v) is 3.16. The van der Waals surface area contributed by atoms with Gasteiger partial charge in [0.25, 0.3) is 5.91 Å². The third-order valence-electron chi connectivity index (χ3n) is 4.15. The molecular weight excluding hydrogens is 344 g/mol. The highest BCUT2D eigenvalue weighted by Crippen LogP contribution is 2.41. The van der Waals surface area contributed by atoms with Crippen LogP contribution in [-0.4, -0.2) is 30.6 Å². The molecule has 2 N–H and O–H groups in total. The van der Waals surface area contributed by atoms with Crippen molar-refractivity contribution in [3.05, 3.63) is 47.5 Å². The molecule has 7 heteroatoms. The molecule has 1 aliphatic rings. The number of imide groups is 1. The molecule has 134 valence electrons. The van der Waals surface area contributed by atoms with Crippen molar-refractivity contribution in [2.75, 3.05) is 6.61 Å². The molecule has 1 heterocycles. The Hall–Kier alpha value is -2.34. The number of halogens is 1. The zero-order valence-corrected chi connectivity index (χ0v) is 14.9. The van der Waals surface area contributed by atoms with Crippen molar-refractivity contribution in [2.24, 2.45) is 5.41 Å². The summed E-state index contributed by atoms with van der Waals surface area (Å²) in [6.07, 6.45) is 1.77. The number of ether oxygens (including phenoxy) is 1. The number of carbonyl (C=O) groups excluding carboxylic acids is 3. The van der Waals surface area contributed by atoms with Crippen molar-refractivity contribution in [1.29, 1.82) is 0 Å². The lowest BCUT2D eigenvalue weighted by Crippen LogP contribution is -2.39. The Labute approximate surface area is 151 Å². The maximum Gasteiger partial charge on any atom is 0.322 e. The Morgan fingerprint density at radius 3 is 2.52 bits per heavy atom. The summed E-state index contributed by atoms with van der Waals surface area (Å²) in [6.45, 7) is 7.36. The average Bonchev–Trinajstić information content (AvgIpc) is 2.84. The lowest BCUT2D eigenvalue weighted by atomic mass is 9.71. The number of nitrogens with one attached hydrogen (secondary N) is 2. The van der Waals surface area contributed by atoms with Crippen LogP contribution in [0.2, 0.25) is 5.02 Å². The molecule has 1 aromatic rings. The smallest absolute Gasteiger partial charge is 0.322 e. The van der Waals surface area contributed by atoms with Crippen molar-refractivity contribution in [1.82, 2.24) is 10.6 Å². The van der Waals surface area contributed by atoms with E-state index >= 15 is 0 Å². The zero-order valence-electron chi connectivity index (χ0n) is 14.2. The van der Waals surface area contributed by atoms with E-state index in [2.05, 4.69) is 17.2 Å². The quantitative estimate of drug-likeness (QED) is 0.442. The van der Waals surface area contributed by atoms with Crippen LogP contribution in [0.4, 0.5) is 4.79 Å². The normalized spacial score (nSPS) is 18.3. The van der Waals surface area contributed by atoms with Gasteiger partial charge in [0.2, 0.25) is 0 Å². The van der Waals surface area contributed by atoms with Crippen LogP contribution >= 0.6 is 11.6 Å². The predicted molar refractivity (Wildman–Crippen MR) is 94.2 cm³/mol. The van der Waals surface area contributed by atoms with Gasteiger partial charge in [0.15, 0.2) is 0 Å². The third kappa shape index (κ3) is 4.60. The summed E-state index contributed by atoms with van der Waals surface area (Å²) in [6, 6.07) is 5.71. The Kier molecular flexibility index (Phi) is 5.85. The van der Waals surface area contributed by atoms with Gasteiger partial charge in [-0.1, -0.05) is 50.2 Å². The third-order valence-corrected chi connectivity index (χ3v) is 4.40. The van der Waals surface area contributed by atoms with E-state index in [4.69, 9.17) is 16.3 Å². The maximum absolute atomic E-state index is 12.7. The van der Waals surface area contributed by atoms with E-state index in [1.165, 1.54) is 6.08 Å². The molecular formula is C18H21ClN2O4. The zero-order chi connectivity index (χ0) is 18.6. The van der Waals surface area contributed by atoms with Gasteiger partial charge in [0.05, 0.1) is 5.92 Å². The average molecular weight is 365 g/mol. The Balaban J connectivity index is 2.30. The van der Waals surface area contributed by atoms with Crippen molar-refractivity contribution in [3.8, 4) is 0 Å². The molecule has 0 aromatic heterocycles. The Morgan fingerprint density at radius 1 is 1.36 bits per heavy atom. The monoisotopic (exact) mass is 364 g/mol. The summed E-state index contributed by atoms with van der Waals surface area (Å²) in [5.41, 5.74) is 0.0688. The number of hydrogen-bond donors (Lipinski definition) is 2. The lowest BCUT2D eigenvalue weighted by Gasteiger charge is -2.34. The van der Waals surface area contributed by atoms with Crippen LogP contribution in [-0.2, 0) is 14.3 Å². The highest BCUT2D eigenvalue weighted by Gasteiger charge is 2.42. The minimum Gasteiger partial charge on any atom is -0.461 e. The molecule has 0 radical (unpaired) electrons. The number of urea groups is 1. The van der Waals surface area contributed by atoms with Crippen LogP contribution in [0.1, 0.15) is 31.7 Å². The number of amides is 3. The Morgan fingerprint density at radius 2 is 2.00 bits per heavy atom. The predicted octanol–water partition coefficient (Wildman–Crippen LogP) is 2.78. The largest absolute Gasteiger partial charge is 0.461 e. The molecule has 1 fully saturated rings. The molecule has 25 heavy (non-hydrogen) atoms. The fourth-order valence-electron chi connectivity index (χ4n) is 3.03. The van der Waals surface area contributed by atoms with Crippen molar-refractivity contribution < 1.29 is 19.1 Å². The van der Waals surface area contributed by atoms with E-state index in [1.54, 1.807) is 24.3 Å². The first kappa shape index (κ1) is 19.0. The van der Waals surface area contributed by atoms with E-state index in [-0.39, 0.29) is 13.0 Å². The summed E-state index contributed by atoms with van der Waals surface area (Å²) in [5, 5.41) is 5.33. The van der Waals surface area contributed by atoms with Crippen LogP contribution in [0, 0.1) is 5.41 Å². The van der Waals surface area contributed by atoms with E-state index in [1.807, 2.05) is 13.8 Å². The topological polar surface area (TPSA) is 84.5 Å². The van der Waals surface area contributed by atoms with Gasteiger partial charge in [-0.05, 0) is 29.5 Å². The highest BCUT2D eigenvalue weighted by molar-refractivity contribution is 6.30.